The van der Waals surface area contributed by atoms with Crippen LogP contribution < -0.4 is 5.32 Å². The van der Waals surface area contributed by atoms with E-state index >= 15 is 0 Å². The van der Waals surface area contributed by atoms with Crippen LogP contribution in [0.5, 0.6) is 0 Å². The fourth-order valence-electron chi connectivity index (χ4n) is 1.79. The number of aliphatic hydroxyl groups is 1. The van der Waals surface area contributed by atoms with Crippen LogP contribution in [-0.2, 0) is 10.3 Å². The number of carbonyl (C=O) groups excluding carboxylic acids is 1. The molecule has 1 unspecified atom stereocenters. The summed E-state index contributed by atoms with van der Waals surface area (Å²) in [6.45, 7) is 8.84. The Morgan fingerprint density at radius 2 is 1.83 bits per heavy atom. The van der Waals surface area contributed by atoms with Crippen molar-refractivity contribution >= 4 is 11.9 Å². The lowest BCUT2D eigenvalue weighted by atomic mass is 9.98. The third-order valence-electron chi connectivity index (χ3n) is 2.98. The van der Waals surface area contributed by atoms with E-state index < -0.39 is 29.0 Å². The van der Waals surface area contributed by atoms with Crippen LogP contribution in [0.1, 0.15) is 53.1 Å². The van der Waals surface area contributed by atoms with Crippen LogP contribution in [0, 0.1) is 0 Å². The fourth-order valence-corrected chi connectivity index (χ4v) is 1.79. The van der Waals surface area contributed by atoms with Gasteiger partial charge >= 0.3 is 12.3 Å². The molecule has 0 radical (unpaired) electrons. The van der Waals surface area contributed by atoms with Crippen LogP contribution in [0.4, 0.5) is 23.8 Å². The predicted molar refractivity (Wildman–Crippen MR) is 78.1 cm³/mol. The molecule has 1 heterocycles. The van der Waals surface area contributed by atoms with Gasteiger partial charge in [-0.15, -0.1) is 0 Å². The van der Waals surface area contributed by atoms with Gasteiger partial charge in [0.1, 0.15) is 11.4 Å². The molecule has 2 N–H and O–H groups in total. The maximum atomic E-state index is 13.1. The van der Waals surface area contributed by atoms with Crippen molar-refractivity contribution in [1.82, 2.24) is 9.78 Å². The summed E-state index contributed by atoms with van der Waals surface area (Å²) in [5.74, 6) is -0.253. The molecule has 1 rings (SSSR count). The van der Waals surface area contributed by atoms with E-state index in [-0.39, 0.29) is 11.9 Å². The van der Waals surface area contributed by atoms with E-state index in [4.69, 9.17) is 4.74 Å². The molecule has 0 saturated heterocycles. The van der Waals surface area contributed by atoms with E-state index in [1.807, 2.05) is 0 Å². The molecule has 0 aliphatic carbocycles. The van der Waals surface area contributed by atoms with Crippen LogP contribution in [0.15, 0.2) is 6.20 Å². The number of hydrogen-bond donors (Lipinski definition) is 2. The summed E-state index contributed by atoms with van der Waals surface area (Å²) in [4.78, 5) is 11.9. The Kier molecular flexibility index (Phi) is 5.05. The lowest BCUT2D eigenvalue weighted by Crippen LogP contribution is -2.40. The monoisotopic (exact) mass is 337 g/mol. The summed E-state index contributed by atoms with van der Waals surface area (Å²) in [7, 11) is 0. The van der Waals surface area contributed by atoms with Crippen molar-refractivity contribution < 1.29 is 27.8 Å². The second-order valence-corrected chi connectivity index (χ2v) is 6.64. The molecule has 0 fully saturated rings. The molecule has 132 valence electrons. The zero-order chi connectivity index (χ0) is 18.2. The molecule has 1 aromatic rings. The first kappa shape index (κ1) is 19.3. The third kappa shape index (κ3) is 4.37. The molecule has 0 aromatic carbocycles. The van der Waals surface area contributed by atoms with Crippen LogP contribution >= 0.6 is 0 Å². The summed E-state index contributed by atoms with van der Waals surface area (Å²) in [6, 6.07) is -0.335. The molecule has 0 spiro atoms. The number of aromatic nitrogens is 2. The van der Waals surface area contributed by atoms with Gasteiger partial charge in [0.05, 0.1) is 11.8 Å². The zero-order valence-corrected chi connectivity index (χ0v) is 13.9. The number of amides is 1. The van der Waals surface area contributed by atoms with Crippen LogP contribution in [0.2, 0.25) is 0 Å². The summed E-state index contributed by atoms with van der Waals surface area (Å²) >= 11 is 0. The second kappa shape index (κ2) is 6.03. The smallest absolute Gasteiger partial charge is 0.421 e. The highest BCUT2D eigenvalue weighted by molar-refractivity contribution is 5.85. The summed E-state index contributed by atoms with van der Waals surface area (Å²) in [6.07, 6.45) is -4.97. The Morgan fingerprint density at radius 3 is 2.22 bits per heavy atom. The van der Waals surface area contributed by atoms with Gasteiger partial charge in [0, 0.05) is 6.04 Å². The fraction of sp³-hybridized carbons (Fsp3) is 0.714. The summed E-state index contributed by atoms with van der Waals surface area (Å²) in [5, 5.41) is 16.0. The highest BCUT2D eigenvalue weighted by Gasteiger charge is 2.53. The standard InChI is InChI=1S/C14H22F3N3O3/c1-8(2)20-10(19-11(21)23-12(3,4)5)9(7-18-20)13(6,22)14(15,16)17/h7-8,22H,1-6H3,(H,19,21). The van der Waals surface area contributed by atoms with E-state index in [0.29, 0.717) is 6.92 Å². The number of alkyl halides is 3. The minimum atomic E-state index is -4.93. The minimum Gasteiger partial charge on any atom is -0.444 e. The largest absolute Gasteiger partial charge is 0.444 e. The van der Waals surface area contributed by atoms with Crippen LogP contribution in [0.25, 0.3) is 0 Å². The van der Waals surface area contributed by atoms with E-state index in [0.717, 1.165) is 6.20 Å². The number of nitrogens with one attached hydrogen (secondary N) is 1. The highest BCUT2D eigenvalue weighted by atomic mass is 19.4. The van der Waals surface area contributed by atoms with E-state index in [1.54, 1.807) is 34.6 Å². The number of hydrogen-bond acceptors (Lipinski definition) is 4. The Hall–Kier alpha value is -1.77. The Bertz CT molecular complexity index is 572. The maximum absolute atomic E-state index is 13.1. The SMILES string of the molecule is CC(C)n1ncc(C(C)(O)C(F)(F)F)c1NC(=O)OC(C)(C)C. The van der Waals surface area contributed by atoms with Crippen molar-refractivity contribution in [3.8, 4) is 0 Å². The lowest BCUT2D eigenvalue weighted by molar-refractivity contribution is -0.258. The van der Waals surface area contributed by atoms with Gasteiger partial charge in [-0.25, -0.2) is 9.48 Å². The number of halogens is 3. The summed E-state index contributed by atoms with van der Waals surface area (Å²) in [5.41, 5.74) is -4.53. The molecule has 0 aliphatic rings. The molecule has 0 aliphatic heterocycles. The first-order valence-electron chi connectivity index (χ1n) is 7.04. The van der Waals surface area contributed by atoms with Crippen LogP contribution in [0.3, 0.4) is 0 Å². The molecular weight excluding hydrogens is 315 g/mol. The predicted octanol–water partition coefficient (Wildman–Crippen LogP) is 3.58. The molecule has 1 amide bonds. The number of rotatable bonds is 3. The van der Waals surface area contributed by atoms with Gasteiger partial charge in [-0.05, 0) is 41.5 Å². The van der Waals surface area contributed by atoms with Crippen molar-refractivity contribution in [2.75, 3.05) is 5.32 Å². The first-order valence-corrected chi connectivity index (χ1v) is 7.04. The summed E-state index contributed by atoms with van der Waals surface area (Å²) < 4.78 is 45.5. The Morgan fingerprint density at radius 1 is 1.30 bits per heavy atom. The van der Waals surface area contributed by atoms with Crippen molar-refractivity contribution in [1.29, 1.82) is 0 Å². The molecule has 9 heteroatoms. The number of ether oxygens (including phenoxy) is 1. The molecular formula is C14H22F3N3O3. The first-order chi connectivity index (χ1) is 10.2. The number of carbonyl (C=O) groups is 1. The highest BCUT2D eigenvalue weighted by Crippen LogP contribution is 2.42. The van der Waals surface area contributed by atoms with Crippen LogP contribution in [-0.4, -0.2) is 32.8 Å². The molecule has 6 nitrogen and oxygen atoms in total. The van der Waals surface area contributed by atoms with Gasteiger partial charge in [-0.1, -0.05) is 0 Å². The average molecular weight is 337 g/mol. The quantitative estimate of drug-likeness (QED) is 0.884. The van der Waals surface area contributed by atoms with Gasteiger partial charge in [-0.2, -0.15) is 18.3 Å². The molecule has 1 aromatic heterocycles. The lowest BCUT2D eigenvalue weighted by Gasteiger charge is -2.27. The topological polar surface area (TPSA) is 76.4 Å². The van der Waals surface area contributed by atoms with Crippen molar-refractivity contribution in [3.63, 3.8) is 0 Å². The molecule has 0 saturated carbocycles. The van der Waals surface area contributed by atoms with E-state index in [9.17, 15) is 23.1 Å². The number of anilines is 1. The zero-order valence-electron chi connectivity index (χ0n) is 13.9. The normalized spacial score (nSPS) is 15.4. The average Bonchev–Trinajstić information content (AvgIpc) is 2.68. The molecule has 23 heavy (non-hydrogen) atoms. The van der Waals surface area contributed by atoms with E-state index in [2.05, 4.69) is 10.4 Å². The van der Waals surface area contributed by atoms with Gasteiger partial charge in [0.15, 0.2) is 5.60 Å². The molecule has 0 bridgehead atoms. The van der Waals surface area contributed by atoms with Crippen molar-refractivity contribution in [3.05, 3.63) is 11.8 Å². The second-order valence-electron chi connectivity index (χ2n) is 6.64. The van der Waals surface area contributed by atoms with Crippen molar-refractivity contribution in [2.24, 2.45) is 0 Å². The third-order valence-corrected chi connectivity index (χ3v) is 2.98. The van der Waals surface area contributed by atoms with Gasteiger partial charge in [0.2, 0.25) is 0 Å². The minimum absolute atomic E-state index is 0.253. The Labute approximate surface area is 132 Å². The molecule has 1 atom stereocenters. The maximum Gasteiger partial charge on any atom is 0.421 e. The van der Waals surface area contributed by atoms with Crippen molar-refractivity contribution in [2.45, 2.75) is 65.0 Å². The van der Waals surface area contributed by atoms with Gasteiger partial charge in [-0.3, -0.25) is 5.32 Å². The van der Waals surface area contributed by atoms with Gasteiger partial charge in [0.25, 0.3) is 0 Å². The number of nitrogens with zero attached hydrogens (tertiary/aromatic N) is 2. The van der Waals surface area contributed by atoms with Gasteiger partial charge < -0.3 is 9.84 Å². The van der Waals surface area contributed by atoms with E-state index in [1.165, 1.54) is 4.68 Å². The Balaban J connectivity index is 3.29.